The first kappa shape index (κ1) is 35.7. The largest absolute Gasteiger partial charge is 0.310 e. The van der Waals surface area contributed by atoms with E-state index >= 15 is 0 Å². The zero-order chi connectivity index (χ0) is 41.0. The standard InChI is InChI=1S/C60H40N2/c1-3-16-41(17-4-1)42-30-34-45(35-31-42)61(47-38-39-54-52-23-8-7-21-50(52)51-22-9-10-24-53(51)57(54)40-47)46-36-32-44(33-37-46)48-20-11-13-28-58(48)62-59-29-14-12-25-55(59)56-27-15-26-49(60(56)62)43-18-5-2-6-19-43/h1-40H. The van der Waals surface area contributed by atoms with Gasteiger partial charge in [0.2, 0.25) is 0 Å². The predicted octanol–water partition coefficient (Wildman–Crippen LogP) is 16.7. The zero-order valence-corrected chi connectivity index (χ0v) is 34.0. The molecular weight excluding hydrogens is 749 g/mol. The molecule has 0 spiro atoms. The molecule has 290 valence electrons. The van der Waals surface area contributed by atoms with Gasteiger partial charge in [-0.15, -0.1) is 0 Å². The molecule has 12 aromatic rings. The van der Waals surface area contributed by atoms with Gasteiger partial charge in [0.15, 0.2) is 0 Å². The Hall–Kier alpha value is -8.20. The Morgan fingerprint density at radius 3 is 1.35 bits per heavy atom. The van der Waals surface area contributed by atoms with Crippen LogP contribution < -0.4 is 4.90 Å². The predicted molar refractivity (Wildman–Crippen MR) is 264 cm³/mol. The Balaban J connectivity index is 1.02. The van der Waals surface area contributed by atoms with Crippen molar-refractivity contribution in [3.05, 3.63) is 243 Å². The van der Waals surface area contributed by atoms with Crippen molar-refractivity contribution in [3.8, 4) is 39.1 Å². The van der Waals surface area contributed by atoms with Gasteiger partial charge in [0, 0.05) is 39.0 Å². The van der Waals surface area contributed by atoms with Crippen LogP contribution in [0, 0.1) is 0 Å². The zero-order valence-electron chi connectivity index (χ0n) is 34.0. The number of fused-ring (bicyclic) bond motifs is 9. The topological polar surface area (TPSA) is 8.17 Å². The summed E-state index contributed by atoms with van der Waals surface area (Å²) in [6.07, 6.45) is 0. The van der Waals surface area contributed by atoms with Crippen molar-refractivity contribution in [3.63, 3.8) is 0 Å². The van der Waals surface area contributed by atoms with Gasteiger partial charge in [0.05, 0.1) is 16.7 Å². The average molecular weight is 789 g/mol. The fourth-order valence-corrected chi connectivity index (χ4v) is 9.74. The van der Waals surface area contributed by atoms with Crippen molar-refractivity contribution < 1.29 is 0 Å². The van der Waals surface area contributed by atoms with E-state index in [4.69, 9.17) is 0 Å². The monoisotopic (exact) mass is 788 g/mol. The summed E-state index contributed by atoms with van der Waals surface area (Å²) in [6.45, 7) is 0. The molecule has 0 atom stereocenters. The van der Waals surface area contributed by atoms with Crippen LogP contribution in [0.4, 0.5) is 17.1 Å². The summed E-state index contributed by atoms with van der Waals surface area (Å²) in [4.78, 5) is 2.40. The van der Waals surface area contributed by atoms with Crippen molar-refractivity contribution in [2.75, 3.05) is 4.90 Å². The molecular formula is C60H40N2. The quantitative estimate of drug-likeness (QED) is 0.146. The molecule has 0 aliphatic carbocycles. The third-order valence-corrected chi connectivity index (χ3v) is 12.6. The minimum Gasteiger partial charge on any atom is -0.310 e. The molecule has 0 N–H and O–H groups in total. The van der Waals surface area contributed by atoms with Crippen LogP contribution in [0.25, 0.3) is 93.2 Å². The fourth-order valence-electron chi connectivity index (χ4n) is 9.74. The van der Waals surface area contributed by atoms with Crippen molar-refractivity contribution in [2.45, 2.75) is 0 Å². The van der Waals surface area contributed by atoms with Gasteiger partial charge >= 0.3 is 0 Å². The summed E-state index contributed by atoms with van der Waals surface area (Å²) < 4.78 is 2.47. The molecule has 2 nitrogen and oxygen atoms in total. The number of hydrogen-bond donors (Lipinski definition) is 0. The van der Waals surface area contributed by atoms with E-state index in [9.17, 15) is 0 Å². The van der Waals surface area contributed by atoms with Gasteiger partial charge in [-0.1, -0.05) is 194 Å². The molecule has 0 bridgehead atoms. The maximum atomic E-state index is 2.47. The Kier molecular flexibility index (Phi) is 8.53. The molecule has 0 saturated heterocycles. The first-order valence-electron chi connectivity index (χ1n) is 21.3. The molecule has 0 fully saturated rings. The highest BCUT2D eigenvalue weighted by molar-refractivity contribution is 6.26. The Bertz CT molecular complexity index is 3570. The van der Waals surface area contributed by atoms with E-state index < -0.39 is 0 Å². The second-order valence-corrected chi connectivity index (χ2v) is 16.1. The summed E-state index contributed by atoms with van der Waals surface area (Å²) in [6, 6.07) is 88.4. The van der Waals surface area contributed by atoms with Crippen LogP contribution in [0.5, 0.6) is 0 Å². The minimum absolute atomic E-state index is 1.09. The van der Waals surface area contributed by atoms with Gasteiger partial charge in [-0.2, -0.15) is 0 Å². The second-order valence-electron chi connectivity index (χ2n) is 16.1. The third-order valence-electron chi connectivity index (χ3n) is 12.6. The summed E-state index contributed by atoms with van der Waals surface area (Å²) in [5.41, 5.74) is 14.0. The van der Waals surface area contributed by atoms with Crippen LogP contribution in [0.3, 0.4) is 0 Å². The van der Waals surface area contributed by atoms with Gasteiger partial charge in [0.1, 0.15) is 0 Å². The molecule has 1 aromatic heterocycles. The first-order valence-corrected chi connectivity index (χ1v) is 21.3. The summed E-state index contributed by atoms with van der Waals surface area (Å²) in [7, 11) is 0. The smallest absolute Gasteiger partial charge is 0.0619 e. The van der Waals surface area contributed by atoms with E-state index in [0.29, 0.717) is 0 Å². The Labute approximate surface area is 360 Å². The van der Waals surface area contributed by atoms with Crippen molar-refractivity contribution in [2.24, 2.45) is 0 Å². The van der Waals surface area contributed by atoms with Crippen LogP contribution in [0.15, 0.2) is 243 Å². The molecule has 62 heavy (non-hydrogen) atoms. The van der Waals surface area contributed by atoms with E-state index in [2.05, 4.69) is 252 Å². The summed E-state index contributed by atoms with van der Waals surface area (Å²) in [5.74, 6) is 0. The lowest BCUT2D eigenvalue weighted by molar-refractivity contribution is 1.18. The van der Waals surface area contributed by atoms with Crippen LogP contribution >= 0.6 is 0 Å². The highest BCUT2D eigenvalue weighted by Gasteiger charge is 2.20. The lowest BCUT2D eigenvalue weighted by Crippen LogP contribution is -2.10. The summed E-state index contributed by atoms with van der Waals surface area (Å²) >= 11 is 0. The number of anilines is 3. The van der Waals surface area contributed by atoms with E-state index in [1.165, 1.54) is 81.9 Å². The van der Waals surface area contributed by atoms with Gasteiger partial charge < -0.3 is 9.47 Å². The van der Waals surface area contributed by atoms with E-state index in [1.54, 1.807) is 0 Å². The minimum atomic E-state index is 1.09. The maximum Gasteiger partial charge on any atom is 0.0619 e. The molecule has 0 unspecified atom stereocenters. The molecule has 2 heteroatoms. The normalized spacial score (nSPS) is 11.5. The molecule has 0 aliphatic rings. The number of aromatic nitrogens is 1. The highest BCUT2D eigenvalue weighted by Crippen LogP contribution is 2.44. The van der Waals surface area contributed by atoms with Crippen molar-refractivity contribution in [1.29, 1.82) is 0 Å². The SMILES string of the molecule is c1ccc(-c2ccc(N(c3ccc(-c4ccccc4-n4c5ccccc5c5cccc(-c6ccccc6)c54)cc3)c3ccc4c5ccccc5c5ccccc5c4c3)cc2)cc1. The van der Waals surface area contributed by atoms with Crippen LogP contribution in [0.2, 0.25) is 0 Å². The van der Waals surface area contributed by atoms with E-state index in [0.717, 1.165) is 28.3 Å². The Morgan fingerprint density at radius 2 is 0.694 bits per heavy atom. The Morgan fingerprint density at radius 1 is 0.258 bits per heavy atom. The van der Waals surface area contributed by atoms with Gasteiger partial charge in [-0.05, 0) is 103 Å². The van der Waals surface area contributed by atoms with E-state index in [1.807, 2.05) is 0 Å². The van der Waals surface area contributed by atoms with Gasteiger partial charge in [-0.25, -0.2) is 0 Å². The lowest BCUT2D eigenvalue weighted by atomic mass is 9.94. The van der Waals surface area contributed by atoms with Crippen LogP contribution in [-0.4, -0.2) is 4.57 Å². The molecule has 0 aliphatic heterocycles. The molecule has 0 radical (unpaired) electrons. The first-order chi connectivity index (χ1) is 30.8. The fraction of sp³-hybridized carbons (Fsp3) is 0. The van der Waals surface area contributed by atoms with Crippen molar-refractivity contribution >= 4 is 71.2 Å². The number of rotatable bonds is 7. The molecule has 11 aromatic carbocycles. The second kappa shape index (κ2) is 14.8. The number of nitrogens with zero attached hydrogens (tertiary/aromatic N) is 2. The van der Waals surface area contributed by atoms with Gasteiger partial charge in [0.25, 0.3) is 0 Å². The van der Waals surface area contributed by atoms with Crippen LogP contribution in [-0.2, 0) is 0 Å². The van der Waals surface area contributed by atoms with Crippen molar-refractivity contribution in [1.82, 2.24) is 4.57 Å². The number of hydrogen-bond acceptors (Lipinski definition) is 1. The molecule has 1 heterocycles. The molecule has 0 saturated carbocycles. The van der Waals surface area contributed by atoms with Crippen LogP contribution in [0.1, 0.15) is 0 Å². The average Bonchev–Trinajstić information content (AvgIpc) is 3.70. The number of benzene rings is 11. The maximum absolute atomic E-state index is 2.47. The van der Waals surface area contributed by atoms with E-state index in [-0.39, 0.29) is 0 Å². The van der Waals surface area contributed by atoms with Gasteiger partial charge in [-0.3, -0.25) is 0 Å². The highest BCUT2D eigenvalue weighted by atomic mass is 15.1. The summed E-state index contributed by atoms with van der Waals surface area (Å²) in [5, 5.41) is 10.1. The lowest BCUT2D eigenvalue weighted by Gasteiger charge is -2.27. The molecule has 12 rings (SSSR count). The number of para-hydroxylation sites is 3. The third kappa shape index (κ3) is 5.88. The molecule has 0 amide bonds.